The molecule has 0 radical (unpaired) electrons. The van der Waals surface area contributed by atoms with Crippen molar-refractivity contribution in [2.45, 2.75) is 91.4 Å². The highest BCUT2D eigenvalue weighted by molar-refractivity contribution is 5.54. The number of phenols is 2. The molecule has 28 heavy (non-hydrogen) atoms. The quantitative estimate of drug-likeness (QED) is 0.450. The molecule has 154 valence electrons. The van der Waals surface area contributed by atoms with Gasteiger partial charge in [0.15, 0.2) is 0 Å². The molecule has 0 unspecified atom stereocenters. The van der Waals surface area contributed by atoms with Gasteiger partial charge in [-0.25, -0.2) is 0 Å². The summed E-state index contributed by atoms with van der Waals surface area (Å²) in [5.41, 5.74) is 5.22. The van der Waals surface area contributed by atoms with Crippen LogP contribution in [0.2, 0.25) is 0 Å². The smallest absolute Gasteiger partial charge is 0.123 e. The Bertz CT molecular complexity index is 769. The average Bonchev–Trinajstić information content (AvgIpc) is 2.63. The van der Waals surface area contributed by atoms with Crippen molar-refractivity contribution >= 4 is 0 Å². The van der Waals surface area contributed by atoms with Crippen LogP contribution in [0, 0.1) is 6.92 Å². The van der Waals surface area contributed by atoms with E-state index in [1.807, 2.05) is 18.2 Å². The molecule has 2 aromatic rings. The summed E-state index contributed by atoms with van der Waals surface area (Å²) in [6, 6.07) is 9.62. The molecule has 2 aromatic carbocycles. The Morgan fingerprint density at radius 2 is 1.50 bits per heavy atom. The van der Waals surface area contributed by atoms with E-state index in [0.29, 0.717) is 17.9 Å². The number of aromatic hydroxyl groups is 2. The van der Waals surface area contributed by atoms with Gasteiger partial charge in [0.2, 0.25) is 0 Å². The first-order chi connectivity index (χ1) is 13.3. The molecule has 2 nitrogen and oxygen atoms in total. The standard InChI is InChI=1S/C26H38O2/c1-6-7-8-9-10-11-15-21-19(2)17-23(26(3,4)5)25(28)22(21)18-20-14-12-13-16-24(20)27/h12-14,16-17,27-28H,6-11,15,18H2,1-5H3. The molecule has 0 aromatic heterocycles. The van der Waals surface area contributed by atoms with Crippen LogP contribution in [0.5, 0.6) is 11.5 Å². The molecule has 0 aliphatic rings. The second kappa shape index (κ2) is 10.0. The summed E-state index contributed by atoms with van der Waals surface area (Å²) in [5, 5.41) is 21.4. The molecule has 0 atom stereocenters. The van der Waals surface area contributed by atoms with Crippen molar-refractivity contribution < 1.29 is 10.2 Å². The van der Waals surface area contributed by atoms with E-state index in [2.05, 4.69) is 40.7 Å². The van der Waals surface area contributed by atoms with Crippen molar-refractivity contribution in [2.24, 2.45) is 0 Å². The number of rotatable bonds is 9. The van der Waals surface area contributed by atoms with E-state index in [1.54, 1.807) is 6.07 Å². The SMILES string of the molecule is CCCCCCCCc1c(C)cc(C(C)(C)C)c(O)c1Cc1ccccc1O. The molecular weight excluding hydrogens is 344 g/mol. The van der Waals surface area contributed by atoms with E-state index in [-0.39, 0.29) is 5.41 Å². The highest BCUT2D eigenvalue weighted by Gasteiger charge is 2.24. The number of unbranched alkanes of at least 4 members (excludes halogenated alkanes) is 5. The minimum Gasteiger partial charge on any atom is -0.508 e. The summed E-state index contributed by atoms with van der Waals surface area (Å²) in [4.78, 5) is 0. The van der Waals surface area contributed by atoms with Crippen LogP contribution >= 0.6 is 0 Å². The molecule has 0 heterocycles. The molecule has 2 N–H and O–H groups in total. The van der Waals surface area contributed by atoms with Crippen LogP contribution in [-0.2, 0) is 18.3 Å². The highest BCUT2D eigenvalue weighted by Crippen LogP contribution is 2.39. The fourth-order valence-corrected chi connectivity index (χ4v) is 3.96. The maximum atomic E-state index is 11.2. The van der Waals surface area contributed by atoms with E-state index >= 15 is 0 Å². The summed E-state index contributed by atoms with van der Waals surface area (Å²) in [7, 11) is 0. The third-order valence-corrected chi connectivity index (χ3v) is 5.69. The largest absolute Gasteiger partial charge is 0.508 e. The predicted octanol–water partition coefficient (Wildman–Crippen LogP) is 7.20. The fourth-order valence-electron chi connectivity index (χ4n) is 3.96. The van der Waals surface area contributed by atoms with Crippen molar-refractivity contribution in [3.8, 4) is 11.5 Å². The minimum atomic E-state index is -0.124. The van der Waals surface area contributed by atoms with Gasteiger partial charge in [0.05, 0.1) is 0 Å². The van der Waals surface area contributed by atoms with Crippen molar-refractivity contribution in [3.05, 3.63) is 58.1 Å². The maximum Gasteiger partial charge on any atom is 0.123 e. The first kappa shape index (κ1) is 22.3. The summed E-state index contributed by atoms with van der Waals surface area (Å²) >= 11 is 0. The lowest BCUT2D eigenvalue weighted by molar-refractivity contribution is 0.438. The molecule has 0 fully saturated rings. The molecule has 0 amide bonds. The van der Waals surface area contributed by atoms with E-state index in [0.717, 1.165) is 29.5 Å². The number of phenolic OH excluding ortho intramolecular Hbond substituents is 2. The van der Waals surface area contributed by atoms with Crippen molar-refractivity contribution in [1.29, 1.82) is 0 Å². The normalized spacial score (nSPS) is 11.8. The molecule has 0 spiro atoms. The zero-order valence-electron chi connectivity index (χ0n) is 18.4. The molecule has 0 bridgehead atoms. The van der Waals surface area contributed by atoms with Crippen LogP contribution in [0.4, 0.5) is 0 Å². The van der Waals surface area contributed by atoms with E-state index in [9.17, 15) is 10.2 Å². The van der Waals surface area contributed by atoms with Crippen LogP contribution in [0.1, 0.15) is 94.0 Å². The molecule has 2 rings (SSSR count). The lowest BCUT2D eigenvalue weighted by atomic mass is 9.80. The summed E-state index contributed by atoms with van der Waals surface area (Å²) in [6.07, 6.45) is 9.12. The Balaban J connectivity index is 2.34. The van der Waals surface area contributed by atoms with E-state index in [1.165, 1.54) is 43.2 Å². The van der Waals surface area contributed by atoms with Gasteiger partial charge in [0.25, 0.3) is 0 Å². The predicted molar refractivity (Wildman–Crippen MR) is 120 cm³/mol. The Morgan fingerprint density at radius 3 is 2.14 bits per heavy atom. The number of hydrogen-bond acceptors (Lipinski definition) is 2. The Morgan fingerprint density at radius 1 is 0.857 bits per heavy atom. The summed E-state index contributed by atoms with van der Waals surface area (Å²) < 4.78 is 0. The van der Waals surface area contributed by atoms with Crippen LogP contribution < -0.4 is 0 Å². The fraction of sp³-hybridized carbons (Fsp3) is 0.538. The number of aryl methyl sites for hydroxylation is 1. The molecule has 0 aliphatic carbocycles. The van der Waals surface area contributed by atoms with Gasteiger partial charge in [-0.3, -0.25) is 0 Å². The second-order valence-corrected chi connectivity index (χ2v) is 9.12. The van der Waals surface area contributed by atoms with Gasteiger partial charge < -0.3 is 10.2 Å². The van der Waals surface area contributed by atoms with E-state index < -0.39 is 0 Å². The number of hydrogen-bond donors (Lipinski definition) is 2. The van der Waals surface area contributed by atoms with Gasteiger partial charge in [-0.15, -0.1) is 0 Å². The lowest BCUT2D eigenvalue weighted by Crippen LogP contribution is -2.14. The Kier molecular flexibility index (Phi) is 7.98. The second-order valence-electron chi connectivity index (χ2n) is 9.12. The van der Waals surface area contributed by atoms with Gasteiger partial charge in [0, 0.05) is 12.0 Å². The van der Waals surface area contributed by atoms with Gasteiger partial charge in [-0.1, -0.05) is 84.1 Å². The zero-order chi connectivity index (χ0) is 20.7. The topological polar surface area (TPSA) is 40.5 Å². The first-order valence-corrected chi connectivity index (χ1v) is 10.9. The summed E-state index contributed by atoms with van der Waals surface area (Å²) in [6.45, 7) is 10.8. The Hall–Kier alpha value is -1.96. The van der Waals surface area contributed by atoms with Crippen LogP contribution in [0.25, 0.3) is 0 Å². The van der Waals surface area contributed by atoms with Crippen molar-refractivity contribution in [2.75, 3.05) is 0 Å². The number of para-hydroxylation sites is 1. The van der Waals surface area contributed by atoms with Crippen LogP contribution in [0.15, 0.2) is 30.3 Å². The number of benzene rings is 2. The van der Waals surface area contributed by atoms with Crippen molar-refractivity contribution in [3.63, 3.8) is 0 Å². The minimum absolute atomic E-state index is 0.124. The van der Waals surface area contributed by atoms with Crippen molar-refractivity contribution in [1.82, 2.24) is 0 Å². The first-order valence-electron chi connectivity index (χ1n) is 10.9. The van der Waals surface area contributed by atoms with Crippen LogP contribution in [-0.4, -0.2) is 10.2 Å². The lowest BCUT2D eigenvalue weighted by Gasteiger charge is -2.26. The average molecular weight is 383 g/mol. The molecule has 2 heteroatoms. The Labute approximate surface area is 171 Å². The third kappa shape index (κ3) is 5.77. The van der Waals surface area contributed by atoms with Gasteiger partial charge in [0.1, 0.15) is 11.5 Å². The van der Waals surface area contributed by atoms with E-state index in [4.69, 9.17) is 0 Å². The molecule has 0 saturated carbocycles. The zero-order valence-corrected chi connectivity index (χ0v) is 18.4. The van der Waals surface area contributed by atoms with Gasteiger partial charge >= 0.3 is 0 Å². The highest BCUT2D eigenvalue weighted by atomic mass is 16.3. The molecular formula is C26H38O2. The van der Waals surface area contributed by atoms with Gasteiger partial charge in [-0.2, -0.15) is 0 Å². The third-order valence-electron chi connectivity index (χ3n) is 5.69. The van der Waals surface area contributed by atoms with Crippen LogP contribution in [0.3, 0.4) is 0 Å². The molecule has 0 saturated heterocycles. The monoisotopic (exact) mass is 382 g/mol. The molecule has 0 aliphatic heterocycles. The van der Waals surface area contributed by atoms with Gasteiger partial charge in [-0.05, 0) is 53.5 Å². The maximum absolute atomic E-state index is 11.2. The summed E-state index contributed by atoms with van der Waals surface area (Å²) in [5.74, 6) is 0.702.